The van der Waals surface area contributed by atoms with Crippen molar-refractivity contribution >= 4 is 12.0 Å². The zero-order chi connectivity index (χ0) is 16.5. The molecule has 23 heavy (non-hydrogen) atoms. The Hall–Kier alpha value is -2.39. The molecule has 0 saturated carbocycles. The van der Waals surface area contributed by atoms with Crippen LogP contribution in [0.1, 0.15) is 35.6 Å². The third-order valence-electron chi connectivity index (χ3n) is 3.62. The van der Waals surface area contributed by atoms with Crippen molar-refractivity contribution in [2.45, 2.75) is 25.9 Å². The maximum absolute atomic E-state index is 11.8. The Morgan fingerprint density at radius 1 is 1.13 bits per heavy atom. The summed E-state index contributed by atoms with van der Waals surface area (Å²) in [4.78, 5) is 11.8. The van der Waals surface area contributed by atoms with Gasteiger partial charge in [0.15, 0.2) is 0 Å². The summed E-state index contributed by atoms with van der Waals surface area (Å²) in [5.41, 5.74) is 3.18. The second-order valence-corrected chi connectivity index (χ2v) is 5.58. The maximum atomic E-state index is 11.8. The second-order valence-electron chi connectivity index (χ2n) is 5.58. The third kappa shape index (κ3) is 6.09. The van der Waals surface area contributed by atoms with Crippen molar-refractivity contribution in [2.24, 2.45) is 0 Å². The van der Waals surface area contributed by atoms with Crippen molar-refractivity contribution in [1.29, 1.82) is 0 Å². The van der Waals surface area contributed by atoms with Gasteiger partial charge in [-0.1, -0.05) is 72.3 Å². The van der Waals surface area contributed by atoms with E-state index in [1.54, 1.807) is 0 Å². The standard InChI is InChI=1S/C20H23NO2/c1-16-10-12-17(13-11-16)6-5-9-20(23)21-15-14-19(22)18-7-3-2-4-8-18/h2-8,10-13,19,22H,9,14-15H2,1H3,(H,21,23). The van der Waals surface area contributed by atoms with E-state index in [0.717, 1.165) is 11.1 Å². The number of rotatable bonds is 7. The molecule has 2 aromatic rings. The summed E-state index contributed by atoms with van der Waals surface area (Å²) < 4.78 is 0. The molecule has 0 aliphatic rings. The number of carbonyl (C=O) groups is 1. The number of benzene rings is 2. The predicted molar refractivity (Wildman–Crippen MR) is 93.9 cm³/mol. The van der Waals surface area contributed by atoms with Crippen LogP contribution < -0.4 is 5.32 Å². The van der Waals surface area contributed by atoms with Crippen LogP contribution in [0.3, 0.4) is 0 Å². The van der Waals surface area contributed by atoms with Crippen molar-refractivity contribution in [3.8, 4) is 0 Å². The van der Waals surface area contributed by atoms with Crippen molar-refractivity contribution in [3.05, 3.63) is 77.4 Å². The summed E-state index contributed by atoms with van der Waals surface area (Å²) in [6.07, 6.45) is 4.11. The Bertz CT molecular complexity index is 632. The molecule has 0 spiro atoms. The van der Waals surface area contributed by atoms with E-state index < -0.39 is 6.10 Å². The van der Waals surface area contributed by atoms with Crippen molar-refractivity contribution in [1.82, 2.24) is 5.32 Å². The van der Waals surface area contributed by atoms with E-state index in [9.17, 15) is 9.90 Å². The molecule has 1 amide bonds. The summed E-state index contributed by atoms with van der Waals surface area (Å²) in [5, 5.41) is 12.8. The molecule has 3 nitrogen and oxygen atoms in total. The lowest BCUT2D eigenvalue weighted by molar-refractivity contribution is -0.120. The second kappa shape index (κ2) is 8.91. The van der Waals surface area contributed by atoms with Gasteiger partial charge in [-0.3, -0.25) is 4.79 Å². The predicted octanol–water partition coefficient (Wildman–Crippen LogP) is 3.64. The molecule has 0 saturated heterocycles. The van der Waals surface area contributed by atoms with E-state index in [4.69, 9.17) is 0 Å². The van der Waals surface area contributed by atoms with Crippen LogP contribution in [0.5, 0.6) is 0 Å². The fraction of sp³-hybridized carbons (Fsp3) is 0.250. The molecule has 0 heterocycles. The minimum absolute atomic E-state index is 0.0337. The number of aryl methyl sites for hydroxylation is 1. The Labute approximate surface area is 137 Å². The molecule has 1 unspecified atom stereocenters. The van der Waals surface area contributed by atoms with Gasteiger partial charge in [0.25, 0.3) is 0 Å². The first-order valence-electron chi connectivity index (χ1n) is 7.88. The fourth-order valence-corrected chi connectivity index (χ4v) is 2.24. The first-order chi connectivity index (χ1) is 11.1. The van der Waals surface area contributed by atoms with E-state index in [-0.39, 0.29) is 5.91 Å². The van der Waals surface area contributed by atoms with Crippen molar-refractivity contribution < 1.29 is 9.90 Å². The molecule has 0 aromatic heterocycles. The summed E-state index contributed by atoms with van der Waals surface area (Å²) >= 11 is 0. The molecular formula is C20H23NO2. The average molecular weight is 309 g/mol. The molecule has 0 radical (unpaired) electrons. The molecule has 120 valence electrons. The quantitative estimate of drug-likeness (QED) is 0.820. The van der Waals surface area contributed by atoms with Crippen LogP contribution in [0.15, 0.2) is 60.7 Å². The Morgan fingerprint density at radius 3 is 2.52 bits per heavy atom. The van der Waals surface area contributed by atoms with E-state index in [1.165, 1.54) is 5.56 Å². The van der Waals surface area contributed by atoms with Gasteiger partial charge in [-0.15, -0.1) is 0 Å². The van der Waals surface area contributed by atoms with Gasteiger partial charge in [0.05, 0.1) is 6.10 Å². The van der Waals surface area contributed by atoms with Crippen molar-refractivity contribution in [3.63, 3.8) is 0 Å². The lowest BCUT2D eigenvalue weighted by atomic mass is 10.1. The van der Waals surface area contributed by atoms with Gasteiger partial charge in [0, 0.05) is 13.0 Å². The van der Waals surface area contributed by atoms with Gasteiger partial charge >= 0.3 is 0 Å². The third-order valence-corrected chi connectivity index (χ3v) is 3.62. The molecule has 1 atom stereocenters. The van der Waals surface area contributed by atoms with Crippen LogP contribution in [0.2, 0.25) is 0 Å². The number of aliphatic hydroxyl groups excluding tert-OH is 1. The summed E-state index contributed by atoms with van der Waals surface area (Å²) in [6.45, 7) is 2.51. The summed E-state index contributed by atoms with van der Waals surface area (Å²) in [7, 11) is 0. The number of carbonyl (C=O) groups excluding carboxylic acids is 1. The van der Waals surface area contributed by atoms with Gasteiger partial charge in [-0.2, -0.15) is 0 Å². The fourth-order valence-electron chi connectivity index (χ4n) is 2.24. The summed E-state index contributed by atoms with van der Waals surface area (Å²) in [5.74, 6) is -0.0337. The lowest BCUT2D eigenvalue weighted by Gasteiger charge is -2.11. The highest BCUT2D eigenvalue weighted by atomic mass is 16.3. The Balaban J connectivity index is 1.68. The van der Waals surface area contributed by atoms with Crippen LogP contribution in [0, 0.1) is 6.92 Å². The van der Waals surface area contributed by atoms with Gasteiger partial charge in [0.2, 0.25) is 5.91 Å². The molecular weight excluding hydrogens is 286 g/mol. The molecule has 2 rings (SSSR count). The van der Waals surface area contributed by atoms with Crippen LogP contribution >= 0.6 is 0 Å². The first kappa shape index (κ1) is 17.0. The minimum atomic E-state index is -0.542. The number of amides is 1. The molecule has 0 aliphatic heterocycles. The van der Waals surface area contributed by atoms with E-state index >= 15 is 0 Å². The number of hydrogen-bond donors (Lipinski definition) is 2. The molecule has 3 heteroatoms. The molecule has 2 aromatic carbocycles. The minimum Gasteiger partial charge on any atom is -0.388 e. The van der Waals surface area contributed by atoms with Crippen LogP contribution in [-0.4, -0.2) is 17.6 Å². The SMILES string of the molecule is Cc1ccc(C=CCC(=O)NCCC(O)c2ccccc2)cc1. The van der Waals surface area contributed by atoms with Gasteiger partial charge < -0.3 is 10.4 Å². The molecule has 0 bridgehead atoms. The van der Waals surface area contributed by atoms with E-state index in [1.807, 2.05) is 73.7 Å². The average Bonchev–Trinajstić information content (AvgIpc) is 2.57. The molecule has 0 aliphatic carbocycles. The first-order valence-corrected chi connectivity index (χ1v) is 7.88. The molecule has 0 fully saturated rings. The Kier molecular flexibility index (Phi) is 6.57. The maximum Gasteiger partial charge on any atom is 0.223 e. The van der Waals surface area contributed by atoms with Crippen molar-refractivity contribution in [2.75, 3.05) is 6.54 Å². The number of hydrogen-bond acceptors (Lipinski definition) is 2. The number of aliphatic hydroxyl groups is 1. The van der Waals surface area contributed by atoms with E-state index in [0.29, 0.717) is 19.4 Å². The number of nitrogens with one attached hydrogen (secondary N) is 1. The van der Waals surface area contributed by atoms with Crippen LogP contribution in [0.25, 0.3) is 6.08 Å². The van der Waals surface area contributed by atoms with Gasteiger partial charge in [-0.05, 0) is 24.5 Å². The highest BCUT2D eigenvalue weighted by Gasteiger charge is 2.07. The zero-order valence-electron chi connectivity index (χ0n) is 13.4. The largest absolute Gasteiger partial charge is 0.388 e. The summed E-state index contributed by atoms with van der Waals surface area (Å²) in [6, 6.07) is 17.6. The van der Waals surface area contributed by atoms with Crippen LogP contribution in [0.4, 0.5) is 0 Å². The lowest BCUT2D eigenvalue weighted by Crippen LogP contribution is -2.24. The highest BCUT2D eigenvalue weighted by molar-refractivity contribution is 5.78. The Morgan fingerprint density at radius 2 is 1.83 bits per heavy atom. The monoisotopic (exact) mass is 309 g/mol. The normalized spacial score (nSPS) is 12.3. The molecule has 2 N–H and O–H groups in total. The topological polar surface area (TPSA) is 49.3 Å². The smallest absolute Gasteiger partial charge is 0.223 e. The zero-order valence-corrected chi connectivity index (χ0v) is 13.4. The van der Waals surface area contributed by atoms with Gasteiger partial charge in [-0.25, -0.2) is 0 Å². The van der Waals surface area contributed by atoms with E-state index in [2.05, 4.69) is 5.32 Å². The highest BCUT2D eigenvalue weighted by Crippen LogP contribution is 2.14. The van der Waals surface area contributed by atoms with Gasteiger partial charge in [0.1, 0.15) is 0 Å². The van der Waals surface area contributed by atoms with Crippen LogP contribution in [-0.2, 0) is 4.79 Å².